The number of urea groups is 1. The third kappa shape index (κ3) is 6.43. The molecule has 0 saturated carbocycles. The van der Waals surface area contributed by atoms with E-state index in [1.54, 1.807) is 0 Å². The van der Waals surface area contributed by atoms with Gasteiger partial charge in [-0.05, 0) is 43.2 Å². The van der Waals surface area contributed by atoms with E-state index in [1.165, 1.54) is 24.3 Å². The quantitative estimate of drug-likeness (QED) is 0.688. The highest BCUT2D eigenvalue weighted by Gasteiger charge is 2.15. The summed E-state index contributed by atoms with van der Waals surface area (Å²) in [6.07, 6.45) is 0.428. The van der Waals surface area contributed by atoms with Gasteiger partial charge in [-0.25, -0.2) is 9.18 Å². The molecule has 0 aromatic heterocycles. The minimum atomic E-state index is -0.336. The Morgan fingerprint density at radius 2 is 1.80 bits per heavy atom. The summed E-state index contributed by atoms with van der Waals surface area (Å²) in [7, 11) is 0. The molecule has 2 aromatic rings. The Labute approximate surface area is 146 Å². The number of halogens is 1. The summed E-state index contributed by atoms with van der Waals surface area (Å²) in [5.41, 5.74) is 0.932. The van der Waals surface area contributed by atoms with E-state index in [-0.39, 0.29) is 37.1 Å². The molecule has 0 spiro atoms. The summed E-state index contributed by atoms with van der Waals surface area (Å²) in [5, 5.41) is 14.8. The van der Waals surface area contributed by atoms with Crippen molar-refractivity contribution in [3.8, 4) is 5.75 Å². The molecule has 0 bridgehead atoms. The van der Waals surface area contributed by atoms with Crippen molar-refractivity contribution >= 4 is 6.03 Å². The SMILES string of the molecule is CC(COc1ccc(F)cc1)NC(=O)N[C@H](CCO)c1ccccc1. The van der Waals surface area contributed by atoms with Crippen LogP contribution >= 0.6 is 0 Å². The summed E-state index contributed by atoms with van der Waals surface area (Å²) >= 11 is 0. The van der Waals surface area contributed by atoms with Gasteiger partial charge in [0.2, 0.25) is 0 Å². The van der Waals surface area contributed by atoms with E-state index >= 15 is 0 Å². The predicted molar refractivity (Wildman–Crippen MR) is 93.9 cm³/mol. The van der Waals surface area contributed by atoms with Crippen LogP contribution in [0.2, 0.25) is 0 Å². The molecule has 6 heteroatoms. The largest absolute Gasteiger partial charge is 0.491 e. The average molecular weight is 346 g/mol. The Morgan fingerprint density at radius 1 is 1.12 bits per heavy atom. The number of benzene rings is 2. The first-order valence-corrected chi connectivity index (χ1v) is 8.19. The first-order chi connectivity index (χ1) is 12.1. The van der Waals surface area contributed by atoms with Gasteiger partial charge in [-0.2, -0.15) is 0 Å². The van der Waals surface area contributed by atoms with Gasteiger partial charge in [-0.1, -0.05) is 30.3 Å². The summed E-state index contributed by atoms with van der Waals surface area (Å²) in [5.74, 6) is 0.214. The van der Waals surface area contributed by atoms with E-state index in [1.807, 2.05) is 37.3 Å². The Morgan fingerprint density at radius 3 is 2.44 bits per heavy atom. The predicted octanol–water partition coefficient (Wildman–Crippen LogP) is 3.02. The van der Waals surface area contributed by atoms with Crippen LogP contribution in [0.4, 0.5) is 9.18 Å². The van der Waals surface area contributed by atoms with E-state index in [9.17, 15) is 14.3 Å². The van der Waals surface area contributed by atoms with E-state index in [0.717, 1.165) is 5.56 Å². The van der Waals surface area contributed by atoms with Crippen molar-refractivity contribution in [2.75, 3.05) is 13.2 Å². The molecule has 0 radical (unpaired) electrons. The van der Waals surface area contributed by atoms with Crippen LogP contribution in [-0.2, 0) is 0 Å². The van der Waals surface area contributed by atoms with Gasteiger partial charge in [0.05, 0.1) is 12.1 Å². The Balaban J connectivity index is 1.82. The van der Waals surface area contributed by atoms with Gasteiger partial charge in [0.25, 0.3) is 0 Å². The fourth-order valence-corrected chi connectivity index (χ4v) is 2.35. The third-order valence-corrected chi connectivity index (χ3v) is 3.62. The van der Waals surface area contributed by atoms with Crippen LogP contribution in [0.5, 0.6) is 5.75 Å². The van der Waals surface area contributed by atoms with E-state index in [0.29, 0.717) is 12.2 Å². The monoisotopic (exact) mass is 346 g/mol. The van der Waals surface area contributed by atoms with Crippen LogP contribution < -0.4 is 15.4 Å². The van der Waals surface area contributed by atoms with Gasteiger partial charge in [0.1, 0.15) is 18.2 Å². The number of aliphatic hydroxyl groups excluding tert-OH is 1. The zero-order chi connectivity index (χ0) is 18.1. The Hall–Kier alpha value is -2.60. The lowest BCUT2D eigenvalue weighted by atomic mass is 10.0. The molecule has 25 heavy (non-hydrogen) atoms. The number of rotatable bonds is 8. The number of ether oxygens (including phenoxy) is 1. The van der Waals surface area contributed by atoms with E-state index in [2.05, 4.69) is 10.6 Å². The molecule has 2 amide bonds. The van der Waals surface area contributed by atoms with E-state index in [4.69, 9.17) is 4.74 Å². The summed E-state index contributed by atoms with van der Waals surface area (Å²) < 4.78 is 18.4. The second-order valence-electron chi connectivity index (χ2n) is 5.76. The summed E-state index contributed by atoms with van der Waals surface area (Å²) in [6, 6.07) is 14.3. The summed E-state index contributed by atoms with van der Waals surface area (Å²) in [6.45, 7) is 2.05. The lowest BCUT2D eigenvalue weighted by Crippen LogP contribution is -2.44. The number of carbonyl (C=O) groups is 1. The molecule has 2 aromatic carbocycles. The number of aliphatic hydroxyl groups is 1. The molecule has 0 aliphatic heterocycles. The topological polar surface area (TPSA) is 70.6 Å². The number of hydrogen-bond acceptors (Lipinski definition) is 3. The molecular formula is C19H23FN2O3. The fourth-order valence-electron chi connectivity index (χ4n) is 2.35. The highest BCUT2D eigenvalue weighted by atomic mass is 19.1. The van der Waals surface area contributed by atoms with Crippen LogP contribution in [0.3, 0.4) is 0 Å². The second-order valence-corrected chi connectivity index (χ2v) is 5.76. The Kier molecular flexibility index (Phi) is 7.22. The minimum Gasteiger partial charge on any atom is -0.491 e. The molecule has 0 aliphatic carbocycles. The van der Waals surface area contributed by atoms with Crippen LogP contribution in [0.1, 0.15) is 24.9 Å². The molecular weight excluding hydrogens is 323 g/mol. The number of amides is 2. The van der Waals surface area contributed by atoms with Crippen molar-refractivity contribution in [3.63, 3.8) is 0 Å². The first-order valence-electron chi connectivity index (χ1n) is 8.19. The average Bonchev–Trinajstić information content (AvgIpc) is 2.61. The standard InChI is InChI=1S/C19H23FN2O3/c1-14(13-25-17-9-7-16(20)8-10-17)21-19(24)22-18(11-12-23)15-5-3-2-4-6-15/h2-10,14,18,23H,11-13H2,1H3,(H2,21,22,24)/t14?,18-/m1/s1. The van der Waals surface area contributed by atoms with Crippen molar-refractivity contribution in [2.24, 2.45) is 0 Å². The maximum atomic E-state index is 12.8. The van der Waals surface area contributed by atoms with Crippen LogP contribution in [-0.4, -0.2) is 30.4 Å². The van der Waals surface area contributed by atoms with Crippen molar-refractivity contribution in [2.45, 2.75) is 25.4 Å². The van der Waals surface area contributed by atoms with Crippen LogP contribution in [0.15, 0.2) is 54.6 Å². The smallest absolute Gasteiger partial charge is 0.315 e. The van der Waals surface area contributed by atoms with Crippen molar-refractivity contribution in [1.82, 2.24) is 10.6 Å². The van der Waals surface area contributed by atoms with Gasteiger partial charge in [-0.3, -0.25) is 0 Å². The lowest BCUT2D eigenvalue weighted by molar-refractivity contribution is 0.217. The van der Waals surface area contributed by atoms with Gasteiger partial charge in [-0.15, -0.1) is 0 Å². The van der Waals surface area contributed by atoms with Crippen molar-refractivity contribution in [1.29, 1.82) is 0 Å². The van der Waals surface area contributed by atoms with Crippen LogP contribution in [0.25, 0.3) is 0 Å². The van der Waals surface area contributed by atoms with Crippen molar-refractivity contribution in [3.05, 3.63) is 66.0 Å². The fraction of sp³-hybridized carbons (Fsp3) is 0.316. The molecule has 3 N–H and O–H groups in total. The highest BCUT2D eigenvalue weighted by molar-refractivity contribution is 5.74. The molecule has 2 atom stereocenters. The lowest BCUT2D eigenvalue weighted by Gasteiger charge is -2.21. The molecule has 0 fully saturated rings. The molecule has 1 unspecified atom stereocenters. The molecule has 0 heterocycles. The van der Waals surface area contributed by atoms with Crippen molar-refractivity contribution < 1.29 is 19.0 Å². The molecule has 5 nitrogen and oxygen atoms in total. The normalized spacial score (nSPS) is 12.9. The second kappa shape index (κ2) is 9.64. The highest BCUT2D eigenvalue weighted by Crippen LogP contribution is 2.16. The zero-order valence-corrected chi connectivity index (χ0v) is 14.1. The maximum absolute atomic E-state index is 12.8. The van der Waals surface area contributed by atoms with Gasteiger partial charge in [0.15, 0.2) is 0 Å². The van der Waals surface area contributed by atoms with Crippen LogP contribution in [0, 0.1) is 5.82 Å². The minimum absolute atomic E-state index is 0.0247. The Bertz CT molecular complexity index is 649. The summed E-state index contributed by atoms with van der Waals surface area (Å²) in [4.78, 5) is 12.2. The molecule has 0 aliphatic rings. The third-order valence-electron chi connectivity index (χ3n) is 3.62. The number of hydrogen-bond donors (Lipinski definition) is 3. The maximum Gasteiger partial charge on any atom is 0.315 e. The molecule has 2 rings (SSSR count). The molecule has 134 valence electrons. The van der Waals surface area contributed by atoms with Gasteiger partial charge in [0, 0.05) is 6.61 Å². The number of nitrogens with one attached hydrogen (secondary N) is 2. The number of carbonyl (C=O) groups excluding carboxylic acids is 1. The molecule has 0 saturated heterocycles. The van der Waals surface area contributed by atoms with Gasteiger partial charge >= 0.3 is 6.03 Å². The van der Waals surface area contributed by atoms with E-state index < -0.39 is 0 Å². The van der Waals surface area contributed by atoms with Gasteiger partial charge < -0.3 is 20.5 Å². The first kappa shape index (κ1) is 18.7. The zero-order valence-electron chi connectivity index (χ0n) is 14.1.